The van der Waals surface area contributed by atoms with Gasteiger partial charge in [0.2, 0.25) is 0 Å². The molecule has 4 N–H and O–H groups in total. The normalized spacial score (nSPS) is 12.5. The first kappa shape index (κ1) is 18.4. The number of rotatable bonds is 14. The Balaban J connectivity index is 3.08. The highest BCUT2D eigenvalue weighted by atomic mass is 16.4. The highest BCUT2D eigenvalue weighted by molar-refractivity contribution is 5.67. The van der Waals surface area contributed by atoms with Gasteiger partial charge in [0.05, 0.1) is 12.5 Å². The summed E-state index contributed by atoms with van der Waals surface area (Å²) in [5.74, 6) is -0.915. The molecule has 0 heterocycles. The molecule has 19 heavy (non-hydrogen) atoms. The summed E-state index contributed by atoms with van der Waals surface area (Å²) in [6.45, 7) is 0.813. The van der Waals surface area contributed by atoms with Gasteiger partial charge in [-0.1, -0.05) is 57.8 Å². The third-order valence-corrected chi connectivity index (χ3v) is 3.40. The van der Waals surface area contributed by atoms with Crippen LogP contribution < -0.4 is 5.73 Å². The number of hydrogen-bond donors (Lipinski definition) is 3. The van der Waals surface area contributed by atoms with Crippen LogP contribution in [-0.2, 0) is 4.79 Å². The van der Waals surface area contributed by atoms with Crippen LogP contribution in [0.15, 0.2) is 0 Å². The molecule has 1 atom stereocenters. The topological polar surface area (TPSA) is 83.5 Å². The molecule has 0 unspecified atom stereocenters. The molecule has 0 saturated heterocycles. The highest BCUT2D eigenvalue weighted by Gasteiger charge is 2.08. The molecule has 0 spiro atoms. The highest BCUT2D eigenvalue weighted by Crippen LogP contribution is 2.12. The average molecular weight is 273 g/mol. The summed E-state index contributed by atoms with van der Waals surface area (Å²) in [7, 11) is 0. The number of aliphatic carboxylic acids is 1. The first-order chi connectivity index (χ1) is 9.16. The molecule has 0 rings (SSSR count). The van der Waals surface area contributed by atoms with Crippen LogP contribution in [0.2, 0.25) is 0 Å². The van der Waals surface area contributed by atoms with Gasteiger partial charge in [-0.15, -0.1) is 0 Å². The Labute approximate surface area is 117 Å². The fraction of sp³-hybridized carbons (Fsp3) is 0.933. The van der Waals surface area contributed by atoms with E-state index in [9.17, 15) is 9.90 Å². The zero-order chi connectivity index (χ0) is 14.3. The van der Waals surface area contributed by atoms with Crippen LogP contribution in [0.25, 0.3) is 0 Å². The summed E-state index contributed by atoms with van der Waals surface area (Å²) < 4.78 is 0. The van der Waals surface area contributed by atoms with E-state index in [2.05, 4.69) is 0 Å². The molecule has 0 aromatic carbocycles. The molecule has 114 valence electrons. The first-order valence-electron chi connectivity index (χ1n) is 7.76. The van der Waals surface area contributed by atoms with E-state index in [1.807, 2.05) is 0 Å². The fourth-order valence-electron chi connectivity index (χ4n) is 2.24. The Morgan fingerprint density at radius 1 is 0.842 bits per heavy atom. The minimum Gasteiger partial charge on any atom is -0.481 e. The van der Waals surface area contributed by atoms with Gasteiger partial charge in [0.25, 0.3) is 0 Å². The van der Waals surface area contributed by atoms with E-state index in [0.717, 1.165) is 25.8 Å². The Kier molecular flexibility index (Phi) is 13.4. The van der Waals surface area contributed by atoms with Gasteiger partial charge in [-0.25, -0.2) is 0 Å². The van der Waals surface area contributed by atoms with Crippen molar-refractivity contribution in [3.8, 4) is 0 Å². The molecule has 0 bridgehead atoms. The smallest absolute Gasteiger partial charge is 0.305 e. The number of carboxylic acids is 1. The van der Waals surface area contributed by atoms with Crippen LogP contribution in [-0.4, -0.2) is 28.8 Å². The van der Waals surface area contributed by atoms with E-state index in [1.54, 1.807) is 0 Å². The molecule has 0 aliphatic carbocycles. The lowest BCUT2D eigenvalue weighted by molar-refractivity contribution is -0.139. The van der Waals surface area contributed by atoms with Crippen molar-refractivity contribution in [3.05, 3.63) is 0 Å². The van der Waals surface area contributed by atoms with Gasteiger partial charge in [0, 0.05) is 0 Å². The molecule has 4 nitrogen and oxygen atoms in total. The van der Waals surface area contributed by atoms with Gasteiger partial charge in [0.15, 0.2) is 0 Å². The monoisotopic (exact) mass is 273 g/mol. The molecule has 0 fully saturated rings. The van der Waals surface area contributed by atoms with Crippen LogP contribution in [0.1, 0.15) is 77.0 Å². The van der Waals surface area contributed by atoms with Crippen molar-refractivity contribution in [1.29, 1.82) is 0 Å². The second-order valence-electron chi connectivity index (χ2n) is 5.36. The van der Waals surface area contributed by atoms with Crippen LogP contribution in [0, 0.1) is 0 Å². The van der Waals surface area contributed by atoms with Crippen molar-refractivity contribution >= 4 is 5.97 Å². The maximum absolute atomic E-state index is 10.3. The average Bonchev–Trinajstić information content (AvgIpc) is 2.35. The van der Waals surface area contributed by atoms with Gasteiger partial charge in [0.1, 0.15) is 0 Å². The largest absolute Gasteiger partial charge is 0.481 e. The summed E-state index contributed by atoms with van der Waals surface area (Å²) in [6, 6.07) is 0. The first-order valence-corrected chi connectivity index (χ1v) is 7.76. The molecular formula is C15H31NO3. The number of nitrogens with two attached hydrogens (primary N) is 1. The summed E-state index contributed by atoms with van der Waals surface area (Å²) >= 11 is 0. The van der Waals surface area contributed by atoms with Gasteiger partial charge < -0.3 is 15.9 Å². The van der Waals surface area contributed by atoms with E-state index in [0.29, 0.717) is 6.42 Å². The molecule has 0 radical (unpaired) electrons. The molecule has 0 aromatic rings. The summed E-state index contributed by atoms with van der Waals surface area (Å²) in [5, 5.41) is 17.9. The van der Waals surface area contributed by atoms with Crippen LogP contribution in [0.5, 0.6) is 0 Å². The fourth-order valence-corrected chi connectivity index (χ4v) is 2.24. The molecule has 0 saturated carbocycles. The van der Waals surface area contributed by atoms with Crippen molar-refractivity contribution in [2.75, 3.05) is 6.54 Å². The second-order valence-corrected chi connectivity index (χ2v) is 5.36. The van der Waals surface area contributed by atoms with Crippen LogP contribution in [0.4, 0.5) is 0 Å². The zero-order valence-electron chi connectivity index (χ0n) is 12.1. The van der Waals surface area contributed by atoms with Crippen molar-refractivity contribution in [2.45, 2.75) is 83.2 Å². The zero-order valence-corrected chi connectivity index (χ0v) is 12.1. The predicted octanol–water partition coefficient (Wildman–Crippen LogP) is 3.07. The second kappa shape index (κ2) is 13.8. The van der Waals surface area contributed by atoms with E-state index in [1.165, 1.54) is 44.9 Å². The van der Waals surface area contributed by atoms with E-state index >= 15 is 0 Å². The van der Waals surface area contributed by atoms with E-state index in [-0.39, 0.29) is 6.42 Å². The third-order valence-electron chi connectivity index (χ3n) is 3.40. The lowest BCUT2D eigenvalue weighted by Gasteiger charge is -2.07. The van der Waals surface area contributed by atoms with Crippen molar-refractivity contribution < 1.29 is 15.0 Å². The molecule has 0 aliphatic heterocycles. The molecule has 0 amide bonds. The lowest BCUT2D eigenvalue weighted by Crippen LogP contribution is -2.12. The Morgan fingerprint density at radius 3 is 1.68 bits per heavy atom. The van der Waals surface area contributed by atoms with Crippen LogP contribution in [0.3, 0.4) is 0 Å². The van der Waals surface area contributed by atoms with Gasteiger partial charge in [-0.05, 0) is 19.4 Å². The van der Waals surface area contributed by atoms with Gasteiger partial charge >= 0.3 is 5.97 Å². The van der Waals surface area contributed by atoms with Gasteiger partial charge in [-0.2, -0.15) is 0 Å². The number of carboxylic acid groups (broad SMARTS) is 1. The van der Waals surface area contributed by atoms with Crippen molar-refractivity contribution in [1.82, 2.24) is 0 Å². The predicted molar refractivity (Wildman–Crippen MR) is 78.1 cm³/mol. The number of hydrogen-bond acceptors (Lipinski definition) is 3. The SMILES string of the molecule is NCCCCCCCCCCCC[C@@H](O)CC(=O)O. The molecule has 0 aliphatic rings. The molecule has 0 aromatic heterocycles. The summed E-state index contributed by atoms with van der Waals surface area (Å²) in [5.41, 5.74) is 5.43. The Hall–Kier alpha value is -0.610. The summed E-state index contributed by atoms with van der Waals surface area (Å²) in [4.78, 5) is 10.3. The van der Waals surface area contributed by atoms with Gasteiger partial charge in [-0.3, -0.25) is 4.79 Å². The van der Waals surface area contributed by atoms with E-state index < -0.39 is 12.1 Å². The van der Waals surface area contributed by atoms with Crippen molar-refractivity contribution in [3.63, 3.8) is 0 Å². The minimum atomic E-state index is -0.915. The summed E-state index contributed by atoms with van der Waals surface area (Å²) in [6.07, 6.45) is 12.0. The van der Waals surface area contributed by atoms with E-state index in [4.69, 9.17) is 10.8 Å². The van der Waals surface area contributed by atoms with Crippen molar-refractivity contribution in [2.24, 2.45) is 5.73 Å². The number of aliphatic hydroxyl groups excluding tert-OH is 1. The number of aliphatic hydroxyl groups is 1. The Bertz CT molecular complexity index is 210. The van der Waals surface area contributed by atoms with Crippen LogP contribution >= 0.6 is 0 Å². The standard InChI is InChI=1S/C15H31NO3/c16-12-10-8-6-4-2-1-3-5-7-9-11-14(17)13-15(18)19/h14,17H,1-13,16H2,(H,18,19)/t14-/m1/s1. The Morgan fingerprint density at radius 2 is 1.26 bits per heavy atom. The molecular weight excluding hydrogens is 242 g/mol. The maximum Gasteiger partial charge on any atom is 0.305 e. The molecule has 4 heteroatoms. The third kappa shape index (κ3) is 15.3. The quantitative estimate of drug-likeness (QED) is 0.425. The lowest BCUT2D eigenvalue weighted by atomic mass is 10.0. The number of carbonyl (C=O) groups is 1. The number of unbranched alkanes of at least 4 members (excludes halogenated alkanes) is 9. The minimum absolute atomic E-state index is 0.122. The maximum atomic E-state index is 10.3.